The van der Waals surface area contributed by atoms with Crippen LogP contribution in [0.2, 0.25) is 0 Å². The minimum absolute atomic E-state index is 0.0140. The largest absolute Gasteiger partial charge is 0.508 e. The van der Waals surface area contributed by atoms with E-state index in [1.54, 1.807) is 12.1 Å². The van der Waals surface area contributed by atoms with Gasteiger partial charge in [-0.1, -0.05) is 49.9 Å². The number of allylic oxidation sites excluding steroid dienone is 2. The molecule has 1 fully saturated rings. The molecule has 0 amide bonds. The van der Waals surface area contributed by atoms with Crippen molar-refractivity contribution in [1.29, 1.82) is 0 Å². The maximum atomic E-state index is 13.1. The number of carbonyl (C=O) groups excluding carboxylic acids is 1. The summed E-state index contributed by atoms with van der Waals surface area (Å²) >= 11 is 7.78. The van der Waals surface area contributed by atoms with Crippen molar-refractivity contribution < 1.29 is 19.4 Å². The van der Waals surface area contributed by atoms with E-state index in [4.69, 9.17) is 9.47 Å². The van der Waals surface area contributed by atoms with Crippen molar-refractivity contribution in [2.45, 2.75) is 107 Å². The van der Waals surface area contributed by atoms with Gasteiger partial charge < -0.3 is 14.6 Å². The Kier molecular flexibility index (Phi) is 6.87. The molecule has 3 aliphatic rings. The van der Waals surface area contributed by atoms with E-state index in [0.717, 1.165) is 44.1 Å². The molecule has 1 aliphatic carbocycles. The molecule has 5 unspecified atom stereocenters. The Morgan fingerprint density at radius 2 is 1.76 bits per heavy atom. The molecule has 33 heavy (non-hydrogen) atoms. The predicted octanol–water partition coefficient (Wildman–Crippen LogP) is 7.25. The molecule has 5 atom stereocenters. The predicted molar refractivity (Wildman–Crippen MR) is 139 cm³/mol. The number of benzene rings is 1. The molecule has 2 heterocycles. The fourth-order valence-electron chi connectivity index (χ4n) is 5.62. The summed E-state index contributed by atoms with van der Waals surface area (Å²) in [5, 5.41) is 10.7. The number of cyclic esters (lactones) is 1. The van der Waals surface area contributed by atoms with Crippen molar-refractivity contribution in [2.75, 3.05) is 0 Å². The number of esters is 1. The number of carbonyl (C=O) groups is 1. The molecule has 1 N–H and O–H groups in total. The smallest absolute Gasteiger partial charge is 0.338 e. The fraction of sp³-hybridized carbons (Fsp3) is 0.667. The van der Waals surface area contributed by atoms with Crippen molar-refractivity contribution in [3.63, 3.8) is 0 Å². The average Bonchev–Trinajstić information content (AvgIpc) is 3.41. The number of aromatic hydroxyl groups is 1. The summed E-state index contributed by atoms with van der Waals surface area (Å²) in [6, 6.07) is 5.09. The molecular formula is C27H36Br2O4. The number of alkyl halides is 2. The van der Waals surface area contributed by atoms with Gasteiger partial charge in [0, 0.05) is 10.2 Å². The van der Waals surface area contributed by atoms with Crippen LogP contribution < -0.4 is 0 Å². The number of halogens is 2. The highest BCUT2D eigenvalue weighted by Gasteiger charge is 2.53. The van der Waals surface area contributed by atoms with Crippen LogP contribution in [-0.2, 0) is 15.9 Å². The van der Waals surface area contributed by atoms with Gasteiger partial charge in [-0.15, -0.1) is 0 Å². The third kappa shape index (κ3) is 4.95. The number of hydrogen-bond donors (Lipinski definition) is 1. The minimum Gasteiger partial charge on any atom is -0.508 e. The van der Waals surface area contributed by atoms with Crippen LogP contribution in [0.1, 0.15) is 89.1 Å². The number of ether oxygens (including phenoxy) is 2. The Morgan fingerprint density at radius 1 is 1.03 bits per heavy atom. The minimum atomic E-state index is -0.669. The summed E-state index contributed by atoms with van der Waals surface area (Å²) < 4.78 is 12.2. The fourth-order valence-corrected chi connectivity index (χ4v) is 6.68. The van der Waals surface area contributed by atoms with Crippen molar-refractivity contribution in [2.24, 2.45) is 5.41 Å². The maximum Gasteiger partial charge on any atom is 0.338 e. The normalized spacial score (nSPS) is 37.1. The van der Waals surface area contributed by atoms with Gasteiger partial charge in [0.05, 0.1) is 22.1 Å². The first kappa shape index (κ1) is 25.2. The zero-order valence-electron chi connectivity index (χ0n) is 20.3. The van der Waals surface area contributed by atoms with Crippen LogP contribution in [-0.4, -0.2) is 38.0 Å². The summed E-state index contributed by atoms with van der Waals surface area (Å²) in [6.07, 6.45) is 6.86. The van der Waals surface area contributed by atoms with Crippen LogP contribution >= 0.6 is 31.9 Å². The van der Waals surface area contributed by atoms with Crippen molar-refractivity contribution in [1.82, 2.24) is 0 Å². The van der Waals surface area contributed by atoms with E-state index >= 15 is 0 Å². The lowest BCUT2D eigenvalue weighted by Crippen LogP contribution is -2.38. The maximum absolute atomic E-state index is 13.1. The first-order valence-corrected chi connectivity index (χ1v) is 13.9. The number of rotatable bonds is 0. The van der Waals surface area contributed by atoms with Crippen molar-refractivity contribution >= 4 is 37.8 Å². The molecule has 0 radical (unpaired) electrons. The second-order valence-electron chi connectivity index (χ2n) is 11.2. The molecule has 0 spiro atoms. The SMILES string of the molecule is CC1=C2Cc3cc(ccc3O)C(=O)OC(C)(C)C(Br)CCC3(C)OC3CCC2(C)C(Br)CC1. The zero-order valence-corrected chi connectivity index (χ0v) is 23.5. The average molecular weight is 584 g/mol. The van der Waals surface area contributed by atoms with Gasteiger partial charge in [0.25, 0.3) is 0 Å². The topological polar surface area (TPSA) is 59.1 Å². The summed E-state index contributed by atoms with van der Waals surface area (Å²) in [5.74, 6) is -0.136. The lowest BCUT2D eigenvalue weighted by atomic mass is 9.66. The second kappa shape index (κ2) is 8.98. The summed E-state index contributed by atoms with van der Waals surface area (Å²) in [6.45, 7) is 10.7. The van der Waals surface area contributed by atoms with Crippen LogP contribution in [0.4, 0.5) is 0 Å². The van der Waals surface area contributed by atoms with Crippen LogP contribution in [0.25, 0.3) is 0 Å². The third-order valence-corrected chi connectivity index (χ3v) is 11.3. The van der Waals surface area contributed by atoms with Crippen LogP contribution in [0.15, 0.2) is 29.3 Å². The molecule has 2 bridgehead atoms. The Hall–Kier alpha value is -0.850. The standard InChI is InChI=1S/C27H36Br2O4/c1-16-6-9-22(29)26(4)12-11-23-27(5,32-23)13-10-21(28)25(2,3)33-24(31)17-7-8-20(30)18(14-17)15-19(16)26/h7-8,14,21-23,30H,6,9-13,15H2,1-5H3. The summed E-state index contributed by atoms with van der Waals surface area (Å²) in [7, 11) is 0. The lowest BCUT2D eigenvalue weighted by Gasteiger charge is -2.42. The Labute approximate surface area is 214 Å². The molecule has 0 saturated carbocycles. The van der Waals surface area contributed by atoms with E-state index < -0.39 is 5.60 Å². The molecule has 4 nitrogen and oxygen atoms in total. The highest BCUT2D eigenvalue weighted by atomic mass is 79.9. The number of epoxide rings is 1. The second-order valence-corrected chi connectivity index (χ2v) is 13.4. The molecule has 1 aromatic carbocycles. The molecule has 182 valence electrons. The van der Waals surface area contributed by atoms with E-state index in [2.05, 4.69) is 52.6 Å². The quantitative estimate of drug-likeness (QED) is 0.151. The molecule has 6 heteroatoms. The molecule has 0 aromatic heterocycles. The molecular weight excluding hydrogens is 548 g/mol. The molecule has 2 aliphatic heterocycles. The van der Waals surface area contributed by atoms with Crippen LogP contribution in [0.3, 0.4) is 0 Å². The number of hydrogen-bond acceptors (Lipinski definition) is 4. The lowest BCUT2D eigenvalue weighted by molar-refractivity contribution is -0.00232. The Balaban J connectivity index is 1.74. The number of phenols is 1. The van der Waals surface area contributed by atoms with E-state index in [-0.39, 0.29) is 33.7 Å². The molecule has 1 aromatic rings. The highest BCUT2D eigenvalue weighted by Crippen LogP contribution is 2.52. The van der Waals surface area contributed by atoms with Gasteiger partial charge in [0.1, 0.15) is 11.4 Å². The number of phenolic OH excluding ortho intramolecular Hbond substituents is 1. The van der Waals surface area contributed by atoms with Gasteiger partial charge in [0.2, 0.25) is 0 Å². The third-order valence-electron chi connectivity index (χ3n) is 8.32. The zero-order chi connectivity index (χ0) is 24.2. The van der Waals surface area contributed by atoms with Crippen molar-refractivity contribution in [3.8, 4) is 5.75 Å². The first-order valence-electron chi connectivity index (χ1n) is 12.1. The Bertz CT molecular complexity index is 971. The molecule has 4 rings (SSSR count). The van der Waals surface area contributed by atoms with E-state index in [0.29, 0.717) is 16.8 Å². The van der Waals surface area contributed by atoms with Gasteiger partial charge in [-0.3, -0.25) is 0 Å². The van der Waals surface area contributed by atoms with Gasteiger partial charge in [-0.05, 0) is 96.4 Å². The first-order chi connectivity index (χ1) is 15.4. The summed E-state index contributed by atoms with van der Waals surface area (Å²) in [5.41, 5.74) is 3.20. The van der Waals surface area contributed by atoms with Gasteiger partial charge in [0.15, 0.2) is 0 Å². The highest BCUT2D eigenvalue weighted by molar-refractivity contribution is 9.09. The van der Waals surface area contributed by atoms with Gasteiger partial charge >= 0.3 is 5.97 Å². The van der Waals surface area contributed by atoms with E-state index in [1.807, 2.05) is 19.9 Å². The van der Waals surface area contributed by atoms with E-state index in [9.17, 15) is 9.90 Å². The van der Waals surface area contributed by atoms with Crippen LogP contribution in [0.5, 0.6) is 5.75 Å². The van der Waals surface area contributed by atoms with Crippen molar-refractivity contribution in [3.05, 3.63) is 40.5 Å². The van der Waals surface area contributed by atoms with Crippen LogP contribution in [0, 0.1) is 5.41 Å². The monoisotopic (exact) mass is 582 g/mol. The summed E-state index contributed by atoms with van der Waals surface area (Å²) in [4.78, 5) is 13.5. The van der Waals surface area contributed by atoms with Gasteiger partial charge in [-0.25, -0.2) is 4.79 Å². The van der Waals surface area contributed by atoms with E-state index in [1.165, 1.54) is 11.1 Å². The Morgan fingerprint density at radius 3 is 2.48 bits per heavy atom. The number of fused-ring (bicyclic) bond motifs is 4. The van der Waals surface area contributed by atoms with Gasteiger partial charge in [-0.2, -0.15) is 0 Å². The molecule has 1 saturated heterocycles.